The number of aliphatic hydroxyl groups excluding tert-OH is 2. The Morgan fingerprint density at radius 3 is 2.43 bits per heavy atom. The van der Waals surface area contributed by atoms with E-state index in [1.165, 1.54) is 38.7 Å². The van der Waals surface area contributed by atoms with Gasteiger partial charge in [-0.15, -0.1) is 0 Å². The number of aliphatic hydroxyl groups is 2. The van der Waals surface area contributed by atoms with Crippen LogP contribution in [-0.2, 0) is 23.8 Å². The number of esters is 2. The number of carbonyl (C=O) groups is 2. The Hall–Kier alpha value is -1.44. The Bertz CT molecular complexity index is 924. The molecular formula is C28H42O7. The number of rotatable bonds is 4. The summed E-state index contributed by atoms with van der Waals surface area (Å²) in [5.41, 5.74) is 0.323. The minimum absolute atomic E-state index is 0.0160. The van der Waals surface area contributed by atoms with Gasteiger partial charge in [0.1, 0.15) is 18.3 Å². The van der Waals surface area contributed by atoms with E-state index < -0.39 is 36.0 Å². The zero-order chi connectivity index (χ0) is 25.4. The highest BCUT2D eigenvalue weighted by atomic mass is 16.6. The third-order valence-electron chi connectivity index (χ3n) is 10.9. The van der Waals surface area contributed by atoms with E-state index >= 15 is 0 Å². The minimum Gasteiger partial charge on any atom is -0.461 e. The predicted octanol–water partition coefficient (Wildman–Crippen LogP) is 3.90. The fourth-order valence-electron chi connectivity index (χ4n) is 9.49. The molecule has 2 N–H and O–H groups in total. The van der Waals surface area contributed by atoms with Crippen molar-refractivity contribution < 1.29 is 34.0 Å². The van der Waals surface area contributed by atoms with Crippen molar-refractivity contribution in [3.63, 3.8) is 0 Å². The van der Waals surface area contributed by atoms with Crippen LogP contribution < -0.4 is 0 Å². The molecule has 0 amide bonds. The lowest BCUT2D eigenvalue weighted by Crippen LogP contribution is -2.63. The number of hydrogen-bond donors (Lipinski definition) is 2. The molecule has 0 bridgehead atoms. The highest BCUT2D eigenvalue weighted by Crippen LogP contribution is 2.71. The first-order chi connectivity index (χ1) is 16.3. The average molecular weight is 491 g/mol. The molecule has 7 heteroatoms. The molecule has 5 aliphatic rings. The van der Waals surface area contributed by atoms with Gasteiger partial charge in [-0.3, -0.25) is 0 Å². The Labute approximate surface area is 208 Å². The lowest BCUT2D eigenvalue weighted by Gasteiger charge is -2.67. The van der Waals surface area contributed by atoms with Crippen LogP contribution in [0.1, 0.15) is 86.0 Å². The van der Waals surface area contributed by atoms with Gasteiger partial charge in [-0.25, -0.2) is 9.59 Å². The molecule has 0 aromatic carbocycles. The van der Waals surface area contributed by atoms with Crippen molar-refractivity contribution in [1.29, 1.82) is 0 Å². The van der Waals surface area contributed by atoms with Crippen molar-refractivity contribution >= 4 is 11.9 Å². The van der Waals surface area contributed by atoms with E-state index in [0.29, 0.717) is 29.2 Å². The lowest BCUT2D eigenvalue weighted by atomic mass is 9.38. The van der Waals surface area contributed by atoms with E-state index in [0.717, 1.165) is 19.3 Å². The van der Waals surface area contributed by atoms with Crippen LogP contribution in [0.3, 0.4) is 0 Å². The zero-order valence-electron chi connectivity index (χ0n) is 21.8. The second kappa shape index (κ2) is 8.29. The van der Waals surface area contributed by atoms with Crippen LogP contribution in [0.4, 0.5) is 0 Å². The van der Waals surface area contributed by atoms with Gasteiger partial charge in [-0.05, 0) is 85.9 Å². The van der Waals surface area contributed by atoms with Gasteiger partial charge in [0.15, 0.2) is 0 Å². The summed E-state index contributed by atoms with van der Waals surface area (Å²) in [5.74, 6) is 0.113. The van der Waals surface area contributed by atoms with Crippen molar-refractivity contribution in [2.24, 2.45) is 34.0 Å². The maximum Gasteiger partial charge on any atom is 0.334 e. The van der Waals surface area contributed by atoms with Gasteiger partial charge in [0.2, 0.25) is 6.29 Å². The molecule has 3 aliphatic carbocycles. The lowest BCUT2D eigenvalue weighted by molar-refractivity contribution is -0.218. The van der Waals surface area contributed by atoms with E-state index in [-0.39, 0.29) is 23.4 Å². The monoisotopic (exact) mass is 490 g/mol. The van der Waals surface area contributed by atoms with Crippen molar-refractivity contribution in [2.45, 2.75) is 110 Å². The first kappa shape index (κ1) is 25.2. The highest BCUT2D eigenvalue weighted by molar-refractivity contribution is 5.85. The topological polar surface area (TPSA) is 102 Å². The Balaban J connectivity index is 1.50. The summed E-state index contributed by atoms with van der Waals surface area (Å²) in [5, 5.41) is 20.1. The Morgan fingerprint density at radius 1 is 1.09 bits per heavy atom. The standard InChI is InChI=1S/C28H42O7/c1-16(29)23(31)33-15-28-12-8-20-26(4)10-6-9-25(2,3)19(26)7-11-27(20,5)21(28)14-18(35-28)17-13-22(30)34-24(17)32/h13,16,18-21,24,29,32H,6-12,14-15H2,1-5H3/t16?,18-,19-,20+,21-,24?,26-,27+,28+/m0/s1. The molecule has 4 fully saturated rings. The molecule has 5 rings (SSSR count). The quantitative estimate of drug-likeness (QED) is 0.576. The van der Waals surface area contributed by atoms with Gasteiger partial charge in [0, 0.05) is 11.6 Å². The van der Waals surface area contributed by atoms with Crippen molar-refractivity contribution in [2.75, 3.05) is 6.61 Å². The number of cyclic esters (lactones) is 1. The van der Waals surface area contributed by atoms with Crippen LogP contribution >= 0.6 is 0 Å². The number of ether oxygens (including phenoxy) is 3. The summed E-state index contributed by atoms with van der Waals surface area (Å²) in [4.78, 5) is 24.1. The summed E-state index contributed by atoms with van der Waals surface area (Å²) >= 11 is 0. The van der Waals surface area contributed by atoms with E-state index in [9.17, 15) is 19.8 Å². The fourth-order valence-corrected chi connectivity index (χ4v) is 9.49. The largest absolute Gasteiger partial charge is 0.461 e. The molecule has 9 atom stereocenters. The van der Waals surface area contributed by atoms with Gasteiger partial charge in [-0.2, -0.15) is 0 Å². The highest BCUT2D eigenvalue weighted by Gasteiger charge is 2.68. The van der Waals surface area contributed by atoms with Crippen LogP contribution in [0, 0.1) is 34.0 Å². The normalized spacial score (nSPS) is 47.1. The SMILES string of the molecule is CC(O)C(=O)OC[C@]12CC[C@H]3[C@@](C)(CC[C@H]4C(C)(C)CCC[C@]34C)[C@@H]1C[C@@H](C1=CC(=O)OC1O)O2. The summed E-state index contributed by atoms with van der Waals surface area (Å²) in [6.45, 7) is 11.3. The van der Waals surface area contributed by atoms with E-state index in [2.05, 4.69) is 27.7 Å². The van der Waals surface area contributed by atoms with E-state index in [1.54, 1.807) is 0 Å². The first-order valence-corrected chi connectivity index (χ1v) is 13.5. The van der Waals surface area contributed by atoms with Crippen molar-refractivity contribution in [3.05, 3.63) is 11.6 Å². The van der Waals surface area contributed by atoms with Gasteiger partial charge < -0.3 is 24.4 Å². The molecule has 0 aromatic heterocycles. The molecule has 2 heterocycles. The molecule has 3 saturated carbocycles. The van der Waals surface area contributed by atoms with Crippen molar-refractivity contribution in [1.82, 2.24) is 0 Å². The fraction of sp³-hybridized carbons (Fsp3) is 0.857. The van der Waals surface area contributed by atoms with E-state index in [4.69, 9.17) is 14.2 Å². The molecule has 196 valence electrons. The van der Waals surface area contributed by atoms with Crippen molar-refractivity contribution in [3.8, 4) is 0 Å². The average Bonchev–Trinajstić information content (AvgIpc) is 3.31. The second-order valence-corrected chi connectivity index (χ2v) is 13.2. The van der Waals surface area contributed by atoms with Gasteiger partial charge in [-0.1, -0.05) is 34.1 Å². The minimum atomic E-state index is -1.29. The predicted molar refractivity (Wildman–Crippen MR) is 128 cm³/mol. The van der Waals surface area contributed by atoms with Crippen LogP contribution in [0.5, 0.6) is 0 Å². The number of hydrogen-bond acceptors (Lipinski definition) is 7. The number of fused-ring (bicyclic) bond motifs is 5. The third kappa shape index (κ3) is 3.79. The molecule has 0 radical (unpaired) electrons. The van der Waals surface area contributed by atoms with Crippen LogP contribution in [0.2, 0.25) is 0 Å². The van der Waals surface area contributed by atoms with Gasteiger partial charge in [0.05, 0.1) is 6.10 Å². The smallest absolute Gasteiger partial charge is 0.334 e. The molecule has 0 aromatic rings. The second-order valence-electron chi connectivity index (χ2n) is 13.2. The van der Waals surface area contributed by atoms with E-state index in [1.807, 2.05) is 0 Å². The maximum atomic E-state index is 12.2. The molecule has 35 heavy (non-hydrogen) atoms. The summed E-state index contributed by atoms with van der Waals surface area (Å²) in [7, 11) is 0. The molecule has 7 nitrogen and oxygen atoms in total. The Kier molecular flexibility index (Phi) is 5.97. The Morgan fingerprint density at radius 2 is 1.77 bits per heavy atom. The molecular weight excluding hydrogens is 448 g/mol. The molecule has 2 unspecified atom stereocenters. The summed E-state index contributed by atoms with van der Waals surface area (Å²) < 4.78 is 17.3. The molecule has 1 saturated heterocycles. The number of carbonyl (C=O) groups excluding carboxylic acids is 2. The summed E-state index contributed by atoms with van der Waals surface area (Å²) in [6.07, 6.45) is 6.85. The zero-order valence-corrected chi connectivity index (χ0v) is 21.8. The maximum absolute atomic E-state index is 12.2. The molecule has 2 aliphatic heterocycles. The summed E-state index contributed by atoms with van der Waals surface area (Å²) in [6, 6.07) is 0. The van der Waals surface area contributed by atoms with Gasteiger partial charge >= 0.3 is 11.9 Å². The van der Waals surface area contributed by atoms with Crippen LogP contribution in [0.25, 0.3) is 0 Å². The van der Waals surface area contributed by atoms with Crippen LogP contribution in [-0.4, -0.2) is 52.9 Å². The van der Waals surface area contributed by atoms with Gasteiger partial charge in [0.25, 0.3) is 0 Å². The molecule has 0 spiro atoms. The third-order valence-corrected chi connectivity index (χ3v) is 10.9. The van der Waals surface area contributed by atoms with Crippen LogP contribution in [0.15, 0.2) is 11.6 Å². The first-order valence-electron chi connectivity index (χ1n) is 13.5.